The molecule has 0 spiro atoms. The molecule has 1 N–H and O–H groups in total. The van der Waals surface area contributed by atoms with Gasteiger partial charge in [-0.3, -0.25) is 0 Å². The number of anilines is 1. The Morgan fingerprint density at radius 2 is 1.91 bits per heavy atom. The van der Waals surface area contributed by atoms with Crippen molar-refractivity contribution in [1.29, 1.82) is 5.26 Å². The molecular formula is C18H25N3S. The van der Waals surface area contributed by atoms with Crippen LogP contribution in [0.2, 0.25) is 0 Å². The summed E-state index contributed by atoms with van der Waals surface area (Å²) in [4.78, 5) is 2.24. The predicted molar refractivity (Wildman–Crippen MR) is 95.9 cm³/mol. The van der Waals surface area contributed by atoms with Gasteiger partial charge in [0.25, 0.3) is 0 Å². The Bertz CT molecular complexity index is 536. The van der Waals surface area contributed by atoms with Gasteiger partial charge in [-0.05, 0) is 50.0 Å². The van der Waals surface area contributed by atoms with E-state index in [-0.39, 0.29) is 0 Å². The van der Waals surface area contributed by atoms with Crippen molar-refractivity contribution in [3.8, 4) is 6.07 Å². The Hall–Kier alpha value is -1.60. The molecule has 1 aliphatic rings. The van der Waals surface area contributed by atoms with E-state index in [1.165, 1.54) is 43.2 Å². The van der Waals surface area contributed by atoms with E-state index in [0.29, 0.717) is 12.5 Å². The molecule has 1 saturated carbocycles. The van der Waals surface area contributed by atoms with Crippen LogP contribution in [0.25, 0.3) is 0 Å². The number of para-hydroxylation sites is 1. The van der Waals surface area contributed by atoms with Gasteiger partial charge in [-0.25, -0.2) is 0 Å². The van der Waals surface area contributed by atoms with Crippen molar-refractivity contribution in [3.05, 3.63) is 29.3 Å². The minimum atomic E-state index is 0.478. The molecule has 4 heteroatoms. The fourth-order valence-corrected chi connectivity index (χ4v) is 3.55. The molecule has 0 atom stereocenters. The lowest BCUT2D eigenvalue weighted by atomic mass is 9.94. The number of rotatable bonds is 4. The summed E-state index contributed by atoms with van der Waals surface area (Å²) >= 11 is 5.68. The Labute approximate surface area is 139 Å². The van der Waals surface area contributed by atoms with Crippen molar-refractivity contribution in [2.45, 2.75) is 58.4 Å². The first-order chi connectivity index (χ1) is 10.6. The Balaban J connectivity index is 2.12. The summed E-state index contributed by atoms with van der Waals surface area (Å²) in [7, 11) is 0. The number of hydrogen-bond acceptors (Lipinski definition) is 2. The summed E-state index contributed by atoms with van der Waals surface area (Å²) in [6.45, 7) is 4.91. The average Bonchev–Trinajstić information content (AvgIpc) is 2.52. The largest absolute Gasteiger partial charge is 0.345 e. The number of thiocarbonyl (C=S) groups is 1. The van der Waals surface area contributed by atoms with Crippen molar-refractivity contribution < 1.29 is 0 Å². The quantitative estimate of drug-likeness (QED) is 0.827. The van der Waals surface area contributed by atoms with Crippen LogP contribution in [0.1, 0.15) is 49.7 Å². The highest BCUT2D eigenvalue weighted by Crippen LogP contribution is 2.25. The second kappa shape index (κ2) is 8.14. The zero-order valence-electron chi connectivity index (χ0n) is 13.6. The third kappa shape index (κ3) is 4.20. The van der Waals surface area contributed by atoms with Gasteiger partial charge in [-0.1, -0.05) is 37.5 Å². The smallest absolute Gasteiger partial charge is 0.173 e. The zero-order valence-corrected chi connectivity index (χ0v) is 14.4. The molecule has 0 unspecified atom stereocenters. The summed E-state index contributed by atoms with van der Waals surface area (Å²) in [6, 6.07) is 8.98. The summed E-state index contributed by atoms with van der Waals surface area (Å²) in [5.74, 6) is 0. The van der Waals surface area contributed by atoms with Gasteiger partial charge in [0.15, 0.2) is 5.11 Å². The van der Waals surface area contributed by atoms with Gasteiger partial charge < -0.3 is 10.2 Å². The molecule has 0 saturated heterocycles. The molecule has 22 heavy (non-hydrogen) atoms. The van der Waals surface area contributed by atoms with Crippen LogP contribution in [0.3, 0.4) is 0 Å². The third-order valence-corrected chi connectivity index (χ3v) is 4.79. The number of nitriles is 1. The molecule has 0 aliphatic heterocycles. The highest BCUT2D eigenvalue weighted by Gasteiger charge is 2.23. The molecule has 3 nitrogen and oxygen atoms in total. The maximum absolute atomic E-state index is 8.93. The van der Waals surface area contributed by atoms with Crippen LogP contribution >= 0.6 is 12.2 Å². The van der Waals surface area contributed by atoms with Crippen molar-refractivity contribution in [2.24, 2.45) is 0 Å². The number of hydrogen-bond donors (Lipinski definition) is 1. The van der Waals surface area contributed by atoms with Gasteiger partial charge in [0.05, 0.1) is 12.5 Å². The fourth-order valence-electron chi connectivity index (χ4n) is 3.20. The van der Waals surface area contributed by atoms with E-state index in [2.05, 4.69) is 48.3 Å². The Morgan fingerprint density at radius 1 is 1.27 bits per heavy atom. The van der Waals surface area contributed by atoms with Crippen LogP contribution in [-0.4, -0.2) is 22.6 Å². The van der Waals surface area contributed by atoms with Gasteiger partial charge in [-0.2, -0.15) is 5.26 Å². The number of aryl methyl sites for hydroxylation is 2. The first-order valence-corrected chi connectivity index (χ1v) is 8.55. The van der Waals surface area contributed by atoms with Crippen molar-refractivity contribution in [1.82, 2.24) is 4.90 Å². The molecule has 0 amide bonds. The van der Waals surface area contributed by atoms with E-state index < -0.39 is 0 Å². The van der Waals surface area contributed by atoms with E-state index in [1.54, 1.807) is 0 Å². The molecule has 0 aromatic heterocycles. The van der Waals surface area contributed by atoms with Gasteiger partial charge in [0.2, 0.25) is 0 Å². The molecule has 2 rings (SSSR count). The predicted octanol–water partition coefficient (Wildman–Crippen LogP) is 4.55. The summed E-state index contributed by atoms with van der Waals surface area (Å²) in [5, 5.41) is 13.1. The summed E-state index contributed by atoms with van der Waals surface area (Å²) in [5.41, 5.74) is 3.50. The SMILES string of the molecule is Cc1cccc(C)c1NC(=S)N(CCC#N)C1CCCCC1. The molecule has 0 bridgehead atoms. The molecule has 1 aromatic rings. The van der Waals surface area contributed by atoms with Gasteiger partial charge in [0, 0.05) is 18.3 Å². The molecule has 1 fully saturated rings. The molecule has 118 valence electrons. The first-order valence-electron chi connectivity index (χ1n) is 8.14. The molecule has 1 aliphatic carbocycles. The average molecular weight is 315 g/mol. The standard InChI is InChI=1S/C18H25N3S/c1-14-8-6-9-15(2)17(14)20-18(22)21(13-7-12-19)16-10-4-3-5-11-16/h6,8-9,16H,3-5,7,10-11,13H2,1-2H3,(H,20,22). The molecule has 0 radical (unpaired) electrons. The lowest BCUT2D eigenvalue weighted by molar-refractivity contribution is 0.250. The van der Waals surface area contributed by atoms with Gasteiger partial charge in [-0.15, -0.1) is 0 Å². The van der Waals surface area contributed by atoms with Crippen molar-refractivity contribution in [3.63, 3.8) is 0 Å². The summed E-state index contributed by atoms with van der Waals surface area (Å²) in [6.07, 6.45) is 6.73. The second-order valence-corrected chi connectivity index (χ2v) is 6.48. The highest BCUT2D eigenvalue weighted by molar-refractivity contribution is 7.80. The Morgan fingerprint density at radius 3 is 2.50 bits per heavy atom. The van der Waals surface area contributed by atoms with Gasteiger partial charge >= 0.3 is 0 Å². The van der Waals surface area contributed by atoms with E-state index in [9.17, 15) is 0 Å². The normalized spacial score (nSPS) is 15.1. The van der Waals surface area contributed by atoms with Gasteiger partial charge in [0.1, 0.15) is 0 Å². The maximum atomic E-state index is 8.93. The molecular weight excluding hydrogens is 290 g/mol. The number of benzene rings is 1. The van der Waals surface area contributed by atoms with E-state index in [1.807, 2.05) is 0 Å². The number of nitrogens with one attached hydrogen (secondary N) is 1. The topological polar surface area (TPSA) is 39.1 Å². The lowest BCUT2D eigenvalue weighted by Gasteiger charge is -2.36. The van der Waals surface area contributed by atoms with E-state index in [4.69, 9.17) is 17.5 Å². The number of nitrogens with zero attached hydrogens (tertiary/aromatic N) is 2. The van der Waals surface area contributed by atoms with Crippen LogP contribution < -0.4 is 5.32 Å². The first kappa shape index (κ1) is 16.8. The highest BCUT2D eigenvalue weighted by atomic mass is 32.1. The fraction of sp³-hybridized carbons (Fsp3) is 0.556. The van der Waals surface area contributed by atoms with Crippen LogP contribution in [0.4, 0.5) is 5.69 Å². The van der Waals surface area contributed by atoms with Crippen LogP contribution in [0, 0.1) is 25.2 Å². The monoisotopic (exact) mass is 315 g/mol. The second-order valence-electron chi connectivity index (χ2n) is 6.09. The minimum absolute atomic E-state index is 0.478. The van der Waals surface area contributed by atoms with Crippen molar-refractivity contribution in [2.75, 3.05) is 11.9 Å². The van der Waals surface area contributed by atoms with Crippen LogP contribution in [0.5, 0.6) is 0 Å². The third-order valence-electron chi connectivity index (χ3n) is 4.45. The zero-order chi connectivity index (χ0) is 15.9. The Kier molecular flexibility index (Phi) is 6.21. The summed E-state index contributed by atoms with van der Waals surface area (Å²) < 4.78 is 0. The van der Waals surface area contributed by atoms with E-state index >= 15 is 0 Å². The van der Waals surface area contributed by atoms with Crippen LogP contribution in [0.15, 0.2) is 18.2 Å². The van der Waals surface area contributed by atoms with Crippen LogP contribution in [-0.2, 0) is 0 Å². The maximum Gasteiger partial charge on any atom is 0.173 e. The molecule has 1 aromatic carbocycles. The van der Waals surface area contributed by atoms with Crippen molar-refractivity contribution >= 4 is 23.0 Å². The lowest BCUT2D eigenvalue weighted by Crippen LogP contribution is -2.44. The minimum Gasteiger partial charge on any atom is -0.345 e. The molecule has 0 heterocycles. The van der Waals surface area contributed by atoms with E-state index in [0.717, 1.165) is 17.3 Å².